The average Bonchev–Trinajstić information content (AvgIpc) is 3.20. The van der Waals surface area contributed by atoms with Crippen LogP contribution in [0.4, 0.5) is 5.82 Å². The molecule has 3 aromatic heterocycles. The van der Waals surface area contributed by atoms with Gasteiger partial charge >= 0.3 is 0 Å². The van der Waals surface area contributed by atoms with E-state index in [1.54, 1.807) is 0 Å². The largest absolute Gasteiger partial charge is 0.360 e. The average molecular weight is 333 g/mol. The summed E-state index contributed by atoms with van der Waals surface area (Å²) in [6, 6.07) is 14.0. The first kappa shape index (κ1) is 15.3. The number of hydrogen-bond acceptors (Lipinski definition) is 5. The molecule has 0 amide bonds. The third-order valence-corrected chi connectivity index (χ3v) is 3.99. The van der Waals surface area contributed by atoms with E-state index in [2.05, 4.69) is 25.6 Å². The first-order valence-corrected chi connectivity index (χ1v) is 8.18. The Morgan fingerprint density at radius 2 is 1.88 bits per heavy atom. The second kappa shape index (κ2) is 6.01. The van der Waals surface area contributed by atoms with Crippen molar-refractivity contribution in [2.24, 2.45) is 0 Å². The molecule has 0 bridgehead atoms. The molecule has 0 aliphatic carbocycles. The van der Waals surface area contributed by atoms with Crippen LogP contribution in [0.5, 0.6) is 0 Å². The van der Waals surface area contributed by atoms with Crippen molar-refractivity contribution in [3.8, 4) is 11.3 Å². The fraction of sp³-hybridized carbons (Fsp3) is 0.222. The van der Waals surface area contributed by atoms with Crippen molar-refractivity contribution in [3.63, 3.8) is 0 Å². The molecule has 3 heterocycles. The predicted octanol–water partition coefficient (Wildman–Crippen LogP) is 3.30. The summed E-state index contributed by atoms with van der Waals surface area (Å²) in [4.78, 5) is 9.13. The van der Waals surface area contributed by atoms with Crippen LogP contribution in [0, 0.1) is 13.8 Å². The van der Waals surface area contributed by atoms with Gasteiger partial charge in [0.2, 0.25) is 0 Å². The first-order valence-electron chi connectivity index (χ1n) is 8.18. The highest BCUT2D eigenvalue weighted by molar-refractivity contribution is 5.66. The van der Waals surface area contributed by atoms with Crippen molar-refractivity contribution in [1.82, 2.24) is 29.8 Å². The van der Waals surface area contributed by atoms with E-state index in [9.17, 15) is 0 Å². The Labute approximate surface area is 145 Å². The van der Waals surface area contributed by atoms with Gasteiger partial charge in [0.15, 0.2) is 11.5 Å². The van der Waals surface area contributed by atoms with Crippen molar-refractivity contribution in [2.45, 2.75) is 26.8 Å². The lowest BCUT2D eigenvalue weighted by Gasteiger charge is -2.14. The molecule has 0 radical (unpaired) electrons. The number of aryl methyl sites for hydroxylation is 2. The number of nitrogens with one attached hydrogen (secondary N) is 2. The standard InChI is InChI=1S/C18H19N7/c1-11-9-16-21-15(14-7-5-4-6-8-14)10-17(25(16)24-11)19-12(2)18-20-13(3)22-23-18/h4-10,12,19H,1-3H3,(H,20,22,23). The van der Waals surface area contributed by atoms with Gasteiger partial charge in [0, 0.05) is 17.7 Å². The summed E-state index contributed by atoms with van der Waals surface area (Å²) >= 11 is 0. The Balaban J connectivity index is 1.78. The van der Waals surface area contributed by atoms with Gasteiger partial charge in [-0.15, -0.1) is 0 Å². The third-order valence-electron chi connectivity index (χ3n) is 3.99. The summed E-state index contributed by atoms with van der Waals surface area (Å²) < 4.78 is 1.82. The van der Waals surface area contributed by atoms with Crippen LogP contribution >= 0.6 is 0 Å². The van der Waals surface area contributed by atoms with Crippen LogP contribution in [0.2, 0.25) is 0 Å². The van der Waals surface area contributed by atoms with Crippen LogP contribution in [0.3, 0.4) is 0 Å². The van der Waals surface area contributed by atoms with E-state index >= 15 is 0 Å². The Hall–Kier alpha value is -3.22. The second-order valence-corrected chi connectivity index (χ2v) is 6.09. The highest BCUT2D eigenvalue weighted by Crippen LogP contribution is 2.24. The van der Waals surface area contributed by atoms with Gasteiger partial charge in [-0.25, -0.2) is 9.97 Å². The van der Waals surface area contributed by atoms with E-state index in [1.165, 1.54) is 0 Å². The maximum atomic E-state index is 4.73. The number of rotatable bonds is 4. The number of aromatic amines is 1. The lowest BCUT2D eigenvalue weighted by atomic mass is 10.1. The van der Waals surface area contributed by atoms with Gasteiger partial charge in [0.1, 0.15) is 11.6 Å². The van der Waals surface area contributed by atoms with Crippen molar-refractivity contribution < 1.29 is 0 Å². The van der Waals surface area contributed by atoms with Crippen LogP contribution in [0.15, 0.2) is 42.5 Å². The molecule has 1 unspecified atom stereocenters. The van der Waals surface area contributed by atoms with Crippen LogP contribution in [-0.4, -0.2) is 29.8 Å². The lowest BCUT2D eigenvalue weighted by Crippen LogP contribution is -2.12. The summed E-state index contributed by atoms with van der Waals surface area (Å²) in [5, 5.41) is 15.1. The highest BCUT2D eigenvalue weighted by atomic mass is 15.3. The van der Waals surface area contributed by atoms with E-state index in [-0.39, 0.29) is 6.04 Å². The molecular weight excluding hydrogens is 314 g/mol. The van der Waals surface area contributed by atoms with Crippen molar-refractivity contribution >= 4 is 11.5 Å². The Morgan fingerprint density at radius 3 is 2.60 bits per heavy atom. The molecule has 7 nitrogen and oxygen atoms in total. The Morgan fingerprint density at radius 1 is 1.08 bits per heavy atom. The van der Waals surface area contributed by atoms with E-state index in [1.807, 2.05) is 67.8 Å². The molecule has 0 aliphatic rings. The zero-order valence-electron chi connectivity index (χ0n) is 14.4. The summed E-state index contributed by atoms with van der Waals surface area (Å²) in [6.45, 7) is 5.87. The second-order valence-electron chi connectivity index (χ2n) is 6.09. The minimum absolute atomic E-state index is 0.0660. The predicted molar refractivity (Wildman–Crippen MR) is 96.3 cm³/mol. The van der Waals surface area contributed by atoms with Gasteiger partial charge in [-0.3, -0.25) is 5.10 Å². The molecule has 0 saturated heterocycles. The molecule has 7 heteroatoms. The molecule has 4 aromatic rings. The number of anilines is 1. The highest BCUT2D eigenvalue weighted by Gasteiger charge is 2.15. The maximum Gasteiger partial charge on any atom is 0.172 e. The molecule has 25 heavy (non-hydrogen) atoms. The normalized spacial score (nSPS) is 12.4. The minimum Gasteiger partial charge on any atom is -0.360 e. The lowest BCUT2D eigenvalue weighted by molar-refractivity contribution is 0.775. The van der Waals surface area contributed by atoms with E-state index in [4.69, 9.17) is 4.98 Å². The number of aromatic nitrogens is 6. The quantitative estimate of drug-likeness (QED) is 0.598. The zero-order chi connectivity index (χ0) is 17.4. The zero-order valence-corrected chi connectivity index (χ0v) is 14.4. The summed E-state index contributed by atoms with van der Waals surface area (Å²) in [5.41, 5.74) is 3.68. The molecule has 0 saturated carbocycles. The van der Waals surface area contributed by atoms with Gasteiger partial charge in [-0.2, -0.15) is 14.7 Å². The summed E-state index contributed by atoms with van der Waals surface area (Å²) in [6.07, 6.45) is 0. The van der Waals surface area contributed by atoms with Crippen molar-refractivity contribution in [3.05, 3.63) is 59.8 Å². The summed E-state index contributed by atoms with van der Waals surface area (Å²) in [7, 11) is 0. The van der Waals surface area contributed by atoms with Gasteiger partial charge in [0.05, 0.1) is 17.4 Å². The van der Waals surface area contributed by atoms with Gasteiger partial charge < -0.3 is 5.32 Å². The van der Waals surface area contributed by atoms with Crippen LogP contribution < -0.4 is 5.32 Å². The van der Waals surface area contributed by atoms with E-state index < -0.39 is 0 Å². The number of nitrogens with zero attached hydrogens (tertiary/aromatic N) is 5. The number of benzene rings is 1. The molecule has 0 spiro atoms. The molecule has 2 N–H and O–H groups in total. The molecule has 0 fully saturated rings. The van der Waals surface area contributed by atoms with Crippen molar-refractivity contribution in [2.75, 3.05) is 5.32 Å². The van der Waals surface area contributed by atoms with Gasteiger partial charge in [-0.1, -0.05) is 30.3 Å². The van der Waals surface area contributed by atoms with E-state index in [0.717, 1.165) is 34.2 Å². The first-order chi connectivity index (χ1) is 12.1. The Bertz CT molecular complexity index is 1020. The number of hydrogen-bond donors (Lipinski definition) is 2. The number of H-pyrrole nitrogens is 1. The Kier molecular flexibility index (Phi) is 3.68. The molecule has 1 atom stereocenters. The van der Waals surface area contributed by atoms with Gasteiger partial charge in [0.25, 0.3) is 0 Å². The SMILES string of the molecule is Cc1cc2nc(-c3ccccc3)cc(NC(C)c3n[nH]c(C)n3)n2n1. The molecule has 0 aliphatic heterocycles. The fourth-order valence-corrected chi connectivity index (χ4v) is 2.79. The third kappa shape index (κ3) is 2.96. The minimum atomic E-state index is -0.0660. The smallest absolute Gasteiger partial charge is 0.172 e. The monoisotopic (exact) mass is 333 g/mol. The van der Waals surface area contributed by atoms with Crippen LogP contribution in [0.25, 0.3) is 16.9 Å². The topological polar surface area (TPSA) is 83.8 Å². The summed E-state index contributed by atoms with van der Waals surface area (Å²) in [5.74, 6) is 2.36. The molecule has 1 aromatic carbocycles. The van der Waals surface area contributed by atoms with Crippen molar-refractivity contribution in [1.29, 1.82) is 0 Å². The van der Waals surface area contributed by atoms with Gasteiger partial charge in [-0.05, 0) is 20.8 Å². The fourth-order valence-electron chi connectivity index (χ4n) is 2.79. The number of fused-ring (bicyclic) bond motifs is 1. The van der Waals surface area contributed by atoms with Crippen LogP contribution in [-0.2, 0) is 0 Å². The molecule has 126 valence electrons. The van der Waals surface area contributed by atoms with Crippen LogP contribution in [0.1, 0.15) is 30.3 Å². The molecular formula is C18H19N7. The van der Waals surface area contributed by atoms with E-state index in [0.29, 0.717) is 5.82 Å². The maximum absolute atomic E-state index is 4.73. The molecule has 4 rings (SSSR count).